The maximum absolute atomic E-state index is 5.37. The van der Waals surface area contributed by atoms with Gasteiger partial charge in [-0.1, -0.05) is 49.4 Å². The second-order valence-electron chi connectivity index (χ2n) is 2.86. The number of hydrogen-bond donors (Lipinski definition) is 1. The second kappa shape index (κ2) is 4.73. The first-order valence-corrected chi connectivity index (χ1v) is 4.26. The average molecular weight is 161 g/mol. The second-order valence-corrected chi connectivity index (χ2v) is 2.86. The van der Waals surface area contributed by atoms with Crippen LogP contribution in [0.4, 0.5) is 0 Å². The quantitative estimate of drug-likeness (QED) is 0.676. The van der Waals surface area contributed by atoms with Gasteiger partial charge in [0, 0.05) is 6.54 Å². The number of benzene rings is 1. The minimum Gasteiger partial charge on any atom is -0.327 e. The summed E-state index contributed by atoms with van der Waals surface area (Å²) in [5.41, 5.74) is 6.70. The topological polar surface area (TPSA) is 26.0 Å². The molecule has 0 aliphatic rings. The van der Waals surface area contributed by atoms with Gasteiger partial charge in [0.1, 0.15) is 0 Å². The highest BCUT2D eigenvalue weighted by atomic mass is 14.5. The Morgan fingerprint density at radius 2 is 2.00 bits per heavy atom. The van der Waals surface area contributed by atoms with Gasteiger partial charge in [-0.15, -0.1) is 0 Å². The smallest absolute Gasteiger partial charge is 0.0107 e. The Bertz CT molecular complexity index is 238. The molecule has 1 rings (SSSR count). The zero-order valence-electron chi connectivity index (χ0n) is 7.40. The lowest BCUT2D eigenvalue weighted by atomic mass is 10.0. The molecule has 0 aliphatic carbocycles. The summed E-state index contributed by atoms with van der Waals surface area (Å²) in [5.74, 6) is 0.467. The van der Waals surface area contributed by atoms with Gasteiger partial charge in [-0.2, -0.15) is 0 Å². The van der Waals surface area contributed by atoms with Gasteiger partial charge >= 0.3 is 0 Å². The summed E-state index contributed by atoms with van der Waals surface area (Å²) >= 11 is 0. The predicted molar refractivity (Wildman–Crippen MR) is 53.1 cm³/mol. The number of allylic oxidation sites excluding steroid dienone is 1. The minimum atomic E-state index is 0.467. The molecule has 0 amide bonds. The van der Waals surface area contributed by atoms with Crippen molar-refractivity contribution < 1.29 is 0 Å². The maximum atomic E-state index is 5.37. The van der Waals surface area contributed by atoms with E-state index in [2.05, 4.69) is 37.3 Å². The molecule has 1 atom stereocenters. The molecule has 1 nitrogen and oxygen atoms in total. The third kappa shape index (κ3) is 2.51. The van der Waals surface area contributed by atoms with E-state index in [9.17, 15) is 0 Å². The van der Waals surface area contributed by atoms with Gasteiger partial charge in [-0.3, -0.25) is 0 Å². The van der Waals surface area contributed by atoms with Crippen LogP contribution >= 0.6 is 0 Å². The zero-order chi connectivity index (χ0) is 8.81. The van der Waals surface area contributed by atoms with Crippen molar-refractivity contribution in [1.82, 2.24) is 0 Å². The fourth-order valence-electron chi connectivity index (χ4n) is 1.15. The van der Waals surface area contributed by atoms with E-state index in [0.29, 0.717) is 12.5 Å². The highest BCUT2D eigenvalue weighted by Gasteiger charge is 1.97. The Morgan fingerprint density at radius 3 is 2.58 bits per heavy atom. The highest BCUT2D eigenvalue weighted by molar-refractivity contribution is 5.22. The standard InChI is InChI=1S/C11H15N/c1-10(6-5-9-12)11-7-3-2-4-8-11/h2-8,10H,9,12H2,1H3/b6-5+. The first-order valence-electron chi connectivity index (χ1n) is 4.26. The van der Waals surface area contributed by atoms with Crippen LogP contribution in [0.25, 0.3) is 0 Å². The normalized spacial score (nSPS) is 13.5. The van der Waals surface area contributed by atoms with Gasteiger partial charge in [0.15, 0.2) is 0 Å². The first-order chi connectivity index (χ1) is 5.84. The molecule has 0 spiro atoms. The number of nitrogens with two attached hydrogens (primary N) is 1. The monoisotopic (exact) mass is 161 g/mol. The minimum absolute atomic E-state index is 0.467. The van der Waals surface area contributed by atoms with Crippen molar-refractivity contribution >= 4 is 0 Å². The van der Waals surface area contributed by atoms with Crippen LogP contribution in [0.1, 0.15) is 18.4 Å². The van der Waals surface area contributed by atoms with Crippen molar-refractivity contribution in [3.8, 4) is 0 Å². The Kier molecular flexibility index (Phi) is 3.55. The van der Waals surface area contributed by atoms with Crippen LogP contribution in [-0.4, -0.2) is 6.54 Å². The van der Waals surface area contributed by atoms with Crippen molar-refractivity contribution in [2.75, 3.05) is 6.54 Å². The molecule has 1 aromatic carbocycles. The van der Waals surface area contributed by atoms with Gasteiger partial charge in [-0.25, -0.2) is 0 Å². The summed E-state index contributed by atoms with van der Waals surface area (Å²) in [4.78, 5) is 0. The largest absolute Gasteiger partial charge is 0.327 e. The van der Waals surface area contributed by atoms with Crippen LogP contribution in [0.3, 0.4) is 0 Å². The summed E-state index contributed by atoms with van der Waals surface area (Å²) in [6, 6.07) is 10.4. The molecular weight excluding hydrogens is 146 g/mol. The number of hydrogen-bond acceptors (Lipinski definition) is 1. The van der Waals surface area contributed by atoms with Crippen LogP contribution in [0, 0.1) is 0 Å². The molecule has 0 aliphatic heterocycles. The van der Waals surface area contributed by atoms with Crippen molar-refractivity contribution in [1.29, 1.82) is 0 Å². The molecular formula is C11H15N. The van der Waals surface area contributed by atoms with E-state index in [0.717, 1.165) is 0 Å². The molecule has 0 heterocycles. The molecule has 2 N–H and O–H groups in total. The molecule has 1 aromatic rings. The summed E-state index contributed by atoms with van der Waals surface area (Å²) in [7, 11) is 0. The maximum Gasteiger partial charge on any atom is 0.0107 e. The number of rotatable bonds is 3. The van der Waals surface area contributed by atoms with E-state index in [1.165, 1.54) is 5.56 Å². The summed E-state index contributed by atoms with van der Waals surface area (Å²) in [6.07, 6.45) is 4.13. The third-order valence-corrected chi connectivity index (χ3v) is 1.89. The lowest BCUT2D eigenvalue weighted by Crippen LogP contribution is -1.94. The fraction of sp³-hybridized carbons (Fsp3) is 0.273. The van der Waals surface area contributed by atoms with Gasteiger partial charge < -0.3 is 5.73 Å². The van der Waals surface area contributed by atoms with Crippen LogP contribution in [0.2, 0.25) is 0 Å². The molecule has 0 bridgehead atoms. The molecule has 1 heteroatoms. The zero-order valence-corrected chi connectivity index (χ0v) is 7.40. The molecule has 0 radical (unpaired) electrons. The fourth-order valence-corrected chi connectivity index (χ4v) is 1.15. The SMILES string of the molecule is CC(/C=C/CN)c1ccccc1. The Hall–Kier alpha value is -1.08. The van der Waals surface area contributed by atoms with E-state index in [1.807, 2.05) is 12.1 Å². The summed E-state index contributed by atoms with van der Waals surface area (Å²) in [5, 5.41) is 0. The molecule has 0 fully saturated rings. The lowest BCUT2D eigenvalue weighted by Gasteiger charge is -2.04. The van der Waals surface area contributed by atoms with Crippen molar-refractivity contribution in [3.05, 3.63) is 48.0 Å². The van der Waals surface area contributed by atoms with Crippen molar-refractivity contribution in [2.24, 2.45) is 5.73 Å². The molecule has 12 heavy (non-hydrogen) atoms. The molecule has 1 unspecified atom stereocenters. The van der Waals surface area contributed by atoms with Crippen molar-refractivity contribution in [2.45, 2.75) is 12.8 Å². The van der Waals surface area contributed by atoms with Crippen molar-refractivity contribution in [3.63, 3.8) is 0 Å². The highest BCUT2D eigenvalue weighted by Crippen LogP contribution is 2.14. The van der Waals surface area contributed by atoms with E-state index < -0.39 is 0 Å². The molecule has 64 valence electrons. The molecule has 0 saturated heterocycles. The third-order valence-electron chi connectivity index (χ3n) is 1.89. The van der Waals surface area contributed by atoms with E-state index in [4.69, 9.17) is 5.73 Å². The molecule has 0 saturated carbocycles. The van der Waals surface area contributed by atoms with Crippen LogP contribution in [0.5, 0.6) is 0 Å². The lowest BCUT2D eigenvalue weighted by molar-refractivity contribution is 0.960. The van der Waals surface area contributed by atoms with Crippen LogP contribution in [0.15, 0.2) is 42.5 Å². The first kappa shape index (κ1) is 9.01. The van der Waals surface area contributed by atoms with Crippen LogP contribution in [-0.2, 0) is 0 Å². The Balaban J connectivity index is 2.65. The van der Waals surface area contributed by atoms with Gasteiger partial charge in [0.25, 0.3) is 0 Å². The molecule has 0 aromatic heterocycles. The van der Waals surface area contributed by atoms with Gasteiger partial charge in [0.05, 0.1) is 0 Å². The predicted octanol–water partition coefficient (Wildman–Crippen LogP) is 2.31. The van der Waals surface area contributed by atoms with E-state index in [1.54, 1.807) is 0 Å². The van der Waals surface area contributed by atoms with Gasteiger partial charge in [-0.05, 0) is 11.5 Å². The Labute approximate surface area is 73.9 Å². The van der Waals surface area contributed by atoms with Crippen LogP contribution < -0.4 is 5.73 Å². The van der Waals surface area contributed by atoms with Gasteiger partial charge in [0.2, 0.25) is 0 Å². The Morgan fingerprint density at radius 1 is 1.33 bits per heavy atom. The average Bonchev–Trinajstić information content (AvgIpc) is 2.15. The van der Waals surface area contributed by atoms with E-state index in [-0.39, 0.29) is 0 Å². The summed E-state index contributed by atoms with van der Waals surface area (Å²) < 4.78 is 0. The summed E-state index contributed by atoms with van der Waals surface area (Å²) in [6.45, 7) is 2.79. The van der Waals surface area contributed by atoms with E-state index >= 15 is 0 Å².